The molecule has 0 aliphatic carbocycles. The Labute approximate surface area is 72.0 Å². The molecule has 0 spiro atoms. The molecule has 0 atom stereocenters. The van der Waals surface area contributed by atoms with Crippen molar-refractivity contribution in [3.05, 3.63) is 12.2 Å². The molecular weight excluding hydrogens is 154 g/mol. The molecule has 0 fully saturated rings. The van der Waals surface area contributed by atoms with Crippen LogP contribution in [0.3, 0.4) is 0 Å². The van der Waals surface area contributed by atoms with E-state index in [1.165, 1.54) is 6.33 Å². The maximum absolute atomic E-state index is 8.52. The third-order valence-corrected chi connectivity index (χ3v) is 1.79. The lowest BCUT2D eigenvalue weighted by Crippen LogP contribution is -1.89. The van der Waals surface area contributed by atoms with Gasteiger partial charge in [-0.2, -0.15) is 5.10 Å². The number of aliphatic hydroxyl groups excluding tert-OH is 1. The van der Waals surface area contributed by atoms with Gasteiger partial charge in [0.1, 0.15) is 12.2 Å². The molecule has 4 nitrogen and oxygen atoms in total. The van der Waals surface area contributed by atoms with Gasteiger partial charge >= 0.3 is 0 Å². The first-order chi connectivity index (χ1) is 5.93. The van der Waals surface area contributed by atoms with Crippen LogP contribution in [-0.2, 0) is 6.42 Å². The van der Waals surface area contributed by atoms with Gasteiger partial charge in [0.05, 0.1) is 0 Å². The zero-order chi connectivity index (χ0) is 8.65. The number of nitrogens with one attached hydrogen (secondary N) is 1. The average Bonchev–Trinajstić information content (AvgIpc) is 2.57. The summed E-state index contributed by atoms with van der Waals surface area (Å²) in [6, 6.07) is 0. The van der Waals surface area contributed by atoms with Crippen LogP contribution >= 0.6 is 0 Å². The van der Waals surface area contributed by atoms with Crippen molar-refractivity contribution in [3.63, 3.8) is 0 Å². The Morgan fingerprint density at radius 2 is 2.08 bits per heavy atom. The molecular formula is C8H15N3O. The number of aliphatic hydroxyl groups is 1. The molecule has 0 aliphatic heterocycles. The maximum atomic E-state index is 8.52. The fourth-order valence-electron chi connectivity index (χ4n) is 1.11. The molecule has 0 saturated carbocycles. The van der Waals surface area contributed by atoms with Gasteiger partial charge < -0.3 is 5.11 Å². The lowest BCUT2D eigenvalue weighted by Gasteiger charge is -1.96. The van der Waals surface area contributed by atoms with Crippen molar-refractivity contribution in [2.45, 2.75) is 32.1 Å². The van der Waals surface area contributed by atoms with Gasteiger partial charge in [-0.05, 0) is 12.8 Å². The quantitative estimate of drug-likeness (QED) is 0.622. The molecule has 1 heterocycles. The van der Waals surface area contributed by atoms with Crippen molar-refractivity contribution in [3.8, 4) is 0 Å². The molecule has 0 amide bonds. The highest BCUT2D eigenvalue weighted by molar-refractivity contribution is 4.79. The van der Waals surface area contributed by atoms with E-state index in [1.54, 1.807) is 0 Å². The van der Waals surface area contributed by atoms with Crippen LogP contribution in [0.4, 0.5) is 0 Å². The second-order valence-electron chi connectivity index (χ2n) is 2.82. The number of nitrogens with zero attached hydrogens (tertiary/aromatic N) is 2. The molecule has 1 rings (SSSR count). The van der Waals surface area contributed by atoms with Crippen molar-refractivity contribution in [1.82, 2.24) is 15.2 Å². The monoisotopic (exact) mass is 169 g/mol. The normalized spacial score (nSPS) is 10.4. The number of aromatic amines is 1. The molecule has 68 valence electrons. The van der Waals surface area contributed by atoms with Crippen molar-refractivity contribution >= 4 is 0 Å². The molecule has 0 bridgehead atoms. The Kier molecular flexibility index (Phi) is 4.37. The molecule has 0 saturated heterocycles. The van der Waals surface area contributed by atoms with Gasteiger partial charge in [0, 0.05) is 13.0 Å². The van der Waals surface area contributed by atoms with E-state index in [0.29, 0.717) is 6.61 Å². The second-order valence-corrected chi connectivity index (χ2v) is 2.82. The van der Waals surface area contributed by atoms with E-state index in [-0.39, 0.29) is 0 Å². The summed E-state index contributed by atoms with van der Waals surface area (Å²) < 4.78 is 0. The van der Waals surface area contributed by atoms with E-state index in [0.717, 1.165) is 37.9 Å². The molecule has 0 radical (unpaired) electrons. The lowest BCUT2D eigenvalue weighted by atomic mass is 10.1. The van der Waals surface area contributed by atoms with E-state index >= 15 is 0 Å². The summed E-state index contributed by atoms with van der Waals surface area (Å²) in [6.45, 7) is 0.308. The average molecular weight is 169 g/mol. The summed E-state index contributed by atoms with van der Waals surface area (Å²) in [5, 5.41) is 15.1. The van der Waals surface area contributed by atoms with Crippen LogP contribution in [0.25, 0.3) is 0 Å². The largest absolute Gasteiger partial charge is 0.396 e. The van der Waals surface area contributed by atoms with E-state index in [2.05, 4.69) is 15.2 Å². The summed E-state index contributed by atoms with van der Waals surface area (Å²) in [7, 11) is 0. The minimum absolute atomic E-state index is 0.308. The third kappa shape index (κ3) is 3.48. The zero-order valence-corrected chi connectivity index (χ0v) is 7.16. The molecule has 12 heavy (non-hydrogen) atoms. The van der Waals surface area contributed by atoms with Crippen molar-refractivity contribution < 1.29 is 5.11 Å². The van der Waals surface area contributed by atoms with Gasteiger partial charge in [-0.25, -0.2) is 4.98 Å². The van der Waals surface area contributed by atoms with Crippen LogP contribution in [0.5, 0.6) is 0 Å². The smallest absolute Gasteiger partial charge is 0.137 e. The topological polar surface area (TPSA) is 61.8 Å². The van der Waals surface area contributed by atoms with Gasteiger partial charge in [-0.3, -0.25) is 5.10 Å². The van der Waals surface area contributed by atoms with Gasteiger partial charge in [0.25, 0.3) is 0 Å². The van der Waals surface area contributed by atoms with Crippen molar-refractivity contribution in [1.29, 1.82) is 0 Å². The molecule has 2 N–H and O–H groups in total. The van der Waals surface area contributed by atoms with Crippen LogP contribution in [0.15, 0.2) is 6.33 Å². The number of hydrogen-bond donors (Lipinski definition) is 2. The molecule has 1 aromatic rings. The number of aryl methyl sites for hydroxylation is 1. The Morgan fingerprint density at radius 3 is 2.75 bits per heavy atom. The minimum Gasteiger partial charge on any atom is -0.396 e. The maximum Gasteiger partial charge on any atom is 0.137 e. The predicted molar refractivity (Wildman–Crippen MR) is 45.6 cm³/mol. The zero-order valence-electron chi connectivity index (χ0n) is 7.16. The van der Waals surface area contributed by atoms with Gasteiger partial charge in [-0.15, -0.1) is 0 Å². The Balaban J connectivity index is 1.96. The first kappa shape index (κ1) is 9.19. The fourth-order valence-corrected chi connectivity index (χ4v) is 1.11. The Bertz CT molecular complexity index is 186. The highest BCUT2D eigenvalue weighted by Crippen LogP contribution is 2.02. The number of aromatic nitrogens is 3. The number of rotatable bonds is 6. The Morgan fingerprint density at radius 1 is 1.25 bits per heavy atom. The summed E-state index contributed by atoms with van der Waals surface area (Å²) in [6.07, 6.45) is 6.78. The molecule has 4 heteroatoms. The van der Waals surface area contributed by atoms with Gasteiger partial charge in [0.15, 0.2) is 0 Å². The number of H-pyrrole nitrogens is 1. The predicted octanol–water partition coefficient (Wildman–Crippen LogP) is 0.900. The summed E-state index contributed by atoms with van der Waals surface area (Å²) >= 11 is 0. The van der Waals surface area contributed by atoms with Crippen LogP contribution < -0.4 is 0 Å². The van der Waals surface area contributed by atoms with E-state index < -0.39 is 0 Å². The summed E-state index contributed by atoms with van der Waals surface area (Å²) in [5.74, 6) is 0.957. The highest BCUT2D eigenvalue weighted by atomic mass is 16.2. The summed E-state index contributed by atoms with van der Waals surface area (Å²) in [5.41, 5.74) is 0. The first-order valence-corrected chi connectivity index (χ1v) is 4.38. The minimum atomic E-state index is 0.308. The van der Waals surface area contributed by atoms with E-state index in [1.807, 2.05) is 0 Å². The fraction of sp³-hybridized carbons (Fsp3) is 0.750. The van der Waals surface area contributed by atoms with Crippen LogP contribution in [0.2, 0.25) is 0 Å². The van der Waals surface area contributed by atoms with E-state index in [4.69, 9.17) is 5.11 Å². The molecule has 1 aromatic heterocycles. The highest BCUT2D eigenvalue weighted by Gasteiger charge is 1.94. The molecule has 0 aliphatic rings. The number of hydrogen-bond acceptors (Lipinski definition) is 3. The Hall–Kier alpha value is -0.900. The van der Waals surface area contributed by atoms with Crippen molar-refractivity contribution in [2.75, 3.05) is 6.61 Å². The van der Waals surface area contributed by atoms with Crippen molar-refractivity contribution in [2.24, 2.45) is 0 Å². The first-order valence-electron chi connectivity index (χ1n) is 4.38. The third-order valence-electron chi connectivity index (χ3n) is 1.79. The van der Waals surface area contributed by atoms with Crippen LogP contribution in [0.1, 0.15) is 31.5 Å². The van der Waals surface area contributed by atoms with E-state index in [9.17, 15) is 0 Å². The lowest BCUT2D eigenvalue weighted by molar-refractivity contribution is 0.282. The summed E-state index contributed by atoms with van der Waals surface area (Å²) in [4.78, 5) is 4.02. The number of unbranched alkanes of at least 4 members (excludes halogenated alkanes) is 3. The standard InChI is InChI=1S/C8H15N3O/c12-6-4-2-1-3-5-8-9-7-10-11-8/h7,12H,1-6H2,(H,9,10,11). The SMILES string of the molecule is OCCCCCCc1ncn[nH]1. The van der Waals surface area contributed by atoms with Crippen LogP contribution in [0, 0.1) is 0 Å². The second kappa shape index (κ2) is 5.71. The molecule has 0 aromatic carbocycles. The molecule has 0 unspecified atom stereocenters. The van der Waals surface area contributed by atoms with Gasteiger partial charge in [0.2, 0.25) is 0 Å². The van der Waals surface area contributed by atoms with Gasteiger partial charge in [-0.1, -0.05) is 12.8 Å². The van der Waals surface area contributed by atoms with Crippen LogP contribution in [-0.4, -0.2) is 26.9 Å².